The van der Waals surface area contributed by atoms with Gasteiger partial charge in [0.2, 0.25) is 0 Å². The molecule has 0 aromatic carbocycles. The van der Waals surface area contributed by atoms with E-state index in [-0.39, 0.29) is 0 Å². The summed E-state index contributed by atoms with van der Waals surface area (Å²) in [6.45, 7) is 4.13. The van der Waals surface area contributed by atoms with Gasteiger partial charge in [0.05, 0.1) is 11.4 Å². The van der Waals surface area contributed by atoms with Gasteiger partial charge >= 0.3 is 5.97 Å². The van der Waals surface area contributed by atoms with E-state index in [2.05, 4.69) is 5.10 Å². The van der Waals surface area contributed by atoms with Crippen molar-refractivity contribution in [1.29, 1.82) is 0 Å². The Bertz CT molecular complexity index is 347. The highest BCUT2D eigenvalue weighted by molar-refractivity contribution is 6.17. The number of aromatic carboxylic acids is 1. The minimum absolute atomic E-state index is 0.305. The number of aryl methyl sites for hydroxylation is 2. The van der Waals surface area contributed by atoms with Crippen molar-refractivity contribution in [2.75, 3.05) is 5.88 Å². The van der Waals surface area contributed by atoms with Crippen molar-refractivity contribution in [1.82, 2.24) is 9.78 Å². The number of halogens is 1. The molecular formula is C9H13ClN2O2. The van der Waals surface area contributed by atoms with E-state index < -0.39 is 5.97 Å². The van der Waals surface area contributed by atoms with Crippen molar-refractivity contribution in [3.05, 3.63) is 17.0 Å². The Kier molecular flexibility index (Phi) is 3.52. The summed E-state index contributed by atoms with van der Waals surface area (Å²) >= 11 is 5.56. The molecule has 1 rings (SSSR count). The van der Waals surface area contributed by atoms with E-state index in [9.17, 15) is 4.79 Å². The summed E-state index contributed by atoms with van der Waals surface area (Å²) in [6.07, 6.45) is 0.794. The van der Waals surface area contributed by atoms with Gasteiger partial charge in [-0.1, -0.05) is 0 Å². The second-order valence-electron chi connectivity index (χ2n) is 3.12. The van der Waals surface area contributed by atoms with Gasteiger partial charge in [0.25, 0.3) is 0 Å². The molecule has 78 valence electrons. The largest absolute Gasteiger partial charge is 0.478 e. The molecule has 1 aromatic heterocycles. The van der Waals surface area contributed by atoms with Gasteiger partial charge in [-0.2, -0.15) is 5.10 Å². The van der Waals surface area contributed by atoms with Crippen molar-refractivity contribution >= 4 is 17.6 Å². The van der Waals surface area contributed by atoms with E-state index in [1.165, 1.54) is 0 Å². The smallest absolute Gasteiger partial charge is 0.339 e. The number of carbonyl (C=O) groups is 1. The van der Waals surface area contributed by atoms with Gasteiger partial charge in [-0.3, -0.25) is 4.68 Å². The predicted octanol–water partition coefficient (Wildman–Crippen LogP) is 1.83. The van der Waals surface area contributed by atoms with Crippen LogP contribution in [0.15, 0.2) is 0 Å². The zero-order chi connectivity index (χ0) is 10.7. The molecule has 0 fully saturated rings. The fraction of sp³-hybridized carbons (Fsp3) is 0.556. The molecular weight excluding hydrogens is 204 g/mol. The quantitative estimate of drug-likeness (QED) is 0.782. The average molecular weight is 217 g/mol. The van der Waals surface area contributed by atoms with Crippen LogP contribution in [0, 0.1) is 13.8 Å². The van der Waals surface area contributed by atoms with Gasteiger partial charge in [0.15, 0.2) is 0 Å². The highest BCUT2D eigenvalue weighted by atomic mass is 35.5. The monoisotopic (exact) mass is 216 g/mol. The molecule has 4 nitrogen and oxygen atoms in total. The molecule has 0 aliphatic carbocycles. The zero-order valence-electron chi connectivity index (χ0n) is 8.25. The molecule has 0 unspecified atom stereocenters. The van der Waals surface area contributed by atoms with Crippen LogP contribution in [-0.2, 0) is 6.54 Å². The number of hydrogen-bond donors (Lipinski definition) is 1. The maximum Gasteiger partial charge on any atom is 0.339 e. The molecule has 0 saturated heterocycles. The van der Waals surface area contributed by atoms with Gasteiger partial charge in [-0.05, 0) is 20.3 Å². The van der Waals surface area contributed by atoms with Crippen molar-refractivity contribution in [3.8, 4) is 0 Å². The average Bonchev–Trinajstić information content (AvgIpc) is 2.38. The lowest BCUT2D eigenvalue weighted by molar-refractivity contribution is 0.0695. The molecule has 0 aliphatic heterocycles. The zero-order valence-corrected chi connectivity index (χ0v) is 9.01. The third-order valence-corrected chi connectivity index (χ3v) is 2.37. The summed E-state index contributed by atoms with van der Waals surface area (Å²) in [5, 5.41) is 13.1. The minimum Gasteiger partial charge on any atom is -0.478 e. The lowest BCUT2D eigenvalue weighted by Crippen LogP contribution is -2.05. The van der Waals surface area contributed by atoms with Crippen molar-refractivity contribution < 1.29 is 9.90 Å². The number of hydrogen-bond acceptors (Lipinski definition) is 2. The lowest BCUT2D eigenvalue weighted by atomic mass is 10.2. The third kappa shape index (κ3) is 2.07. The number of carboxylic acids is 1. The first-order valence-corrected chi connectivity index (χ1v) is 4.94. The topological polar surface area (TPSA) is 55.1 Å². The molecule has 1 N–H and O–H groups in total. The Morgan fingerprint density at radius 3 is 2.64 bits per heavy atom. The van der Waals surface area contributed by atoms with Crippen LogP contribution >= 0.6 is 11.6 Å². The second-order valence-corrected chi connectivity index (χ2v) is 3.49. The molecule has 0 radical (unpaired) electrons. The van der Waals surface area contributed by atoms with Crippen LogP contribution < -0.4 is 0 Å². The molecule has 0 saturated carbocycles. The molecule has 0 bridgehead atoms. The lowest BCUT2D eigenvalue weighted by Gasteiger charge is -2.01. The van der Waals surface area contributed by atoms with Crippen LogP contribution in [0.3, 0.4) is 0 Å². The Morgan fingerprint density at radius 2 is 2.21 bits per heavy atom. The molecule has 1 aromatic rings. The van der Waals surface area contributed by atoms with Crippen LogP contribution in [0.1, 0.15) is 28.2 Å². The maximum atomic E-state index is 10.9. The van der Waals surface area contributed by atoms with Gasteiger partial charge in [0.1, 0.15) is 5.56 Å². The molecule has 0 spiro atoms. The predicted molar refractivity (Wildman–Crippen MR) is 54.0 cm³/mol. The van der Waals surface area contributed by atoms with Crippen molar-refractivity contribution in [2.24, 2.45) is 0 Å². The molecule has 0 amide bonds. The van der Waals surface area contributed by atoms with Gasteiger partial charge in [0, 0.05) is 12.4 Å². The Hall–Kier alpha value is -1.03. The molecule has 5 heteroatoms. The van der Waals surface area contributed by atoms with E-state index in [1.54, 1.807) is 18.5 Å². The summed E-state index contributed by atoms with van der Waals surface area (Å²) in [5.74, 6) is -0.363. The first kappa shape index (κ1) is 11.0. The van der Waals surface area contributed by atoms with Crippen LogP contribution in [0.4, 0.5) is 0 Å². The third-order valence-electron chi connectivity index (χ3n) is 2.10. The Labute approximate surface area is 87.5 Å². The van der Waals surface area contributed by atoms with Crippen LogP contribution in [-0.4, -0.2) is 26.7 Å². The molecule has 14 heavy (non-hydrogen) atoms. The number of alkyl halides is 1. The minimum atomic E-state index is -0.919. The Balaban J connectivity index is 2.98. The van der Waals surface area contributed by atoms with E-state index in [0.29, 0.717) is 29.4 Å². The summed E-state index contributed by atoms with van der Waals surface area (Å²) in [7, 11) is 0. The summed E-state index contributed by atoms with van der Waals surface area (Å²) in [5.41, 5.74) is 1.56. The Morgan fingerprint density at radius 1 is 1.57 bits per heavy atom. The highest BCUT2D eigenvalue weighted by Gasteiger charge is 2.16. The SMILES string of the molecule is Cc1nn(CCCCl)c(C)c1C(=O)O. The first-order valence-electron chi connectivity index (χ1n) is 4.41. The highest BCUT2D eigenvalue weighted by Crippen LogP contribution is 2.13. The number of rotatable bonds is 4. The summed E-state index contributed by atoms with van der Waals surface area (Å²) < 4.78 is 1.70. The summed E-state index contributed by atoms with van der Waals surface area (Å²) in [6, 6.07) is 0. The molecule has 1 heterocycles. The van der Waals surface area contributed by atoms with Crippen LogP contribution in [0.5, 0.6) is 0 Å². The number of nitrogens with zero attached hydrogens (tertiary/aromatic N) is 2. The van der Waals surface area contributed by atoms with Crippen molar-refractivity contribution in [3.63, 3.8) is 0 Å². The molecule has 0 aliphatic rings. The van der Waals surface area contributed by atoms with E-state index in [4.69, 9.17) is 16.7 Å². The van der Waals surface area contributed by atoms with E-state index in [1.807, 2.05) is 0 Å². The fourth-order valence-electron chi connectivity index (χ4n) is 1.43. The van der Waals surface area contributed by atoms with Crippen LogP contribution in [0.25, 0.3) is 0 Å². The second kappa shape index (κ2) is 4.46. The maximum absolute atomic E-state index is 10.9. The number of aromatic nitrogens is 2. The first-order chi connectivity index (χ1) is 6.57. The van der Waals surface area contributed by atoms with Gasteiger partial charge in [-0.15, -0.1) is 11.6 Å². The molecule has 0 atom stereocenters. The van der Waals surface area contributed by atoms with Gasteiger partial charge < -0.3 is 5.11 Å². The van der Waals surface area contributed by atoms with Crippen LogP contribution in [0.2, 0.25) is 0 Å². The number of carboxylic acid groups (broad SMARTS) is 1. The normalized spacial score (nSPS) is 10.5. The fourth-order valence-corrected chi connectivity index (χ4v) is 1.55. The van der Waals surface area contributed by atoms with E-state index >= 15 is 0 Å². The van der Waals surface area contributed by atoms with Gasteiger partial charge in [-0.25, -0.2) is 4.79 Å². The van der Waals surface area contributed by atoms with E-state index in [0.717, 1.165) is 6.42 Å². The van der Waals surface area contributed by atoms with Crippen molar-refractivity contribution in [2.45, 2.75) is 26.8 Å². The standard InChI is InChI=1S/C9H13ClN2O2/c1-6-8(9(13)14)7(2)12(11-6)5-3-4-10/h3-5H2,1-2H3,(H,13,14). The summed E-state index contributed by atoms with van der Waals surface area (Å²) in [4.78, 5) is 10.9.